The molecule has 0 aliphatic rings. The van der Waals surface area contributed by atoms with Gasteiger partial charge in [-0.05, 0) is 52.5 Å². The highest BCUT2D eigenvalue weighted by Gasteiger charge is 1.99. The molecule has 18 heavy (non-hydrogen) atoms. The number of rotatable bonds is 6. The van der Waals surface area contributed by atoms with Gasteiger partial charge in [-0.2, -0.15) is 0 Å². The Labute approximate surface area is 125 Å². The summed E-state index contributed by atoms with van der Waals surface area (Å²) in [6.45, 7) is 0.870. The minimum absolute atomic E-state index is 0.723. The molecule has 0 saturated heterocycles. The van der Waals surface area contributed by atoms with E-state index in [1.807, 2.05) is 0 Å². The third-order valence-electron chi connectivity index (χ3n) is 2.61. The number of alkyl halides is 1. The molecule has 0 amide bonds. The second-order valence-corrected chi connectivity index (χ2v) is 6.37. The highest BCUT2D eigenvalue weighted by molar-refractivity contribution is 9.10. The zero-order valence-corrected chi connectivity index (χ0v) is 13.1. The van der Waals surface area contributed by atoms with E-state index in [1.54, 1.807) is 11.3 Å². The Hall–Kier alpha value is -0.510. The van der Waals surface area contributed by atoms with Gasteiger partial charge in [-0.1, -0.05) is 12.1 Å². The van der Waals surface area contributed by atoms with Gasteiger partial charge in [0.25, 0.3) is 0 Å². The maximum Gasteiger partial charge on any atom is 0.0494 e. The van der Waals surface area contributed by atoms with Crippen LogP contribution in [0.5, 0.6) is 0 Å². The first-order valence-corrected chi connectivity index (χ1v) is 8.10. The van der Waals surface area contributed by atoms with Crippen molar-refractivity contribution >= 4 is 44.6 Å². The Bertz CT molecular complexity index is 498. The van der Waals surface area contributed by atoms with Crippen LogP contribution in [0.4, 0.5) is 5.69 Å². The Kier molecular flexibility index (Phi) is 5.54. The normalized spacial score (nSPS) is 10.6. The first-order valence-electron chi connectivity index (χ1n) is 5.89. The third kappa shape index (κ3) is 4.30. The van der Waals surface area contributed by atoms with Crippen LogP contribution in [0.2, 0.25) is 0 Å². The van der Waals surface area contributed by atoms with E-state index in [0.717, 1.165) is 29.7 Å². The average Bonchev–Trinajstić information content (AvgIpc) is 2.80. The zero-order chi connectivity index (χ0) is 12.8. The van der Waals surface area contributed by atoms with Gasteiger partial charge in [-0.15, -0.1) is 22.9 Å². The molecule has 2 aromatic rings. The van der Waals surface area contributed by atoms with Gasteiger partial charge in [-0.3, -0.25) is 0 Å². The smallest absolute Gasteiger partial charge is 0.0494 e. The standard InChI is InChI=1S/C14H15BrClNS/c15-12-8-14(18-10-12)9-17-13-5-1-3-11(7-13)4-2-6-16/h1,3,5,7-8,10,17H,2,4,6,9H2. The molecule has 0 saturated carbocycles. The number of halogens is 2. The lowest BCUT2D eigenvalue weighted by Gasteiger charge is -2.07. The molecule has 96 valence electrons. The molecule has 2 rings (SSSR count). The molecule has 1 aromatic carbocycles. The highest BCUT2D eigenvalue weighted by atomic mass is 79.9. The number of hydrogen-bond donors (Lipinski definition) is 1. The number of aryl methyl sites for hydroxylation is 1. The van der Waals surface area contributed by atoms with Crippen molar-refractivity contribution < 1.29 is 0 Å². The number of nitrogens with one attached hydrogen (secondary N) is 1. The van der Waals surface area contributed by atoms with Crippen LogP contribution in [0.3, 0.4) is 0 Å². The fraction of sp³-hybridized carbons (Fsp3) is 0.286. The molecule has 1 aromatic heterocycles. The second-order valence-electron chi connectivity index (χ2n) is 4.08. The Balaban J connectivity index is 1.92. The third-order valence-corrected chi connectivity index (χ3v) is 4.58. The molecule has 0 aliphatic carbocycles. The summed E-state index contributed by atoms with van der Waals surface area (Å²) in [4.78, 5) is 1.33. The first-order chi connectivity index (χ1) is 8.78. The van der Waals surface area contributed by atoms with E-state index < -0.39 is 0 Å². The van der Waals surface area contributed by atoms with Gasteiger partial charge in [-0.25, -0.2) is 0 Å². The van der Waals surface area contributed by atoms with Crippen LogP contribution in [0.1, 0.15) is 16.9 Å². The molecule has 0 aliphatic heterocycles. The highest BCUT2D eigenvalue weighted by Crippen LogP contribution is 2.21. The van der Waals surface area contributed by atoms with Crippen molar-refractivity contribution in [2.24, 2.45) is 0 Å². The lowest BCUT2D eigenvalue weighted by atomic mass is 10.1. The van der Waals surface area contributed by atoms with Crippen LogP contribution in [0.15, 0.2) is 40.2 Å². The molecule has 0 spiro atoms. The summed E-state index contributed by atoms with van der Waals surface area (Å²) < 4.78 is 1.15. The zero-order valence-electron chi connectivity index (χ0n) is 9.96. The van der Waals surface area contributed by atoms with Gasteiger partial charge >= 0.3 is 0 Å². The summed E-state index contributed by atoms with van der Waals surface area (Å²) in [5, 5.41) is 5.55. The predicted octanol–water partition coefficient (Wildman–Crippen LogP) is 5.29. The van der Waals surface area contributed by atoms with Gasteiger partial charge in [0.05, 0.1) is 0 Å². The minimum Gasteiger partial charge on any atom is -0.380 e. The summed E-state index contributed by atoms with van der Waals surface area (Å²) in [6.07, 6.45) is 2.08. The maximum absolute atomic E-state index is 5.72. The van der Waals surface area contributed by atoms with E-state index in [0.29, 0.717) is 0 Å². The topological polar surface area (TPSA) is 12.0 Å². The number of thiophene rings is 1. The minimum atomic E-state index is 0.723. The van der Waals surface area contributed by atoms with Crippen molar-refractivity contribution in [1.29, 1.82) is 0 Å². The van der Waals surface area contributed by atoms with Gasteiger partial charge in [0.2, 0.25) is 0 Å². The van der Waals surface area contributed by atoms with Crippen molar-refractivity contribution in [3.05, 3.63) is 50.6 Å². The molecule has 0 bridgehead atoms. The van der Waals surface area contributed by atoms with E-state index >= 15 is 0 Å². The van der Waals surface area contributed by atoms with E-state index in [4.69, 9.17) is 11.6 Å². The van der Waals surface area contributed by atoms with E-state index in [9.17, 15) is 0 Å². The summed E-state index contributed by atoms with van der Waals surface area (Å²) in [5.74, 6) is 0.723. The molecule has 1 nitrogen and oxygen atoms in total. The second kappa shape index (κ2) is 7.17. The molecular formula is C14H15BrClNS. The Morgan fingerprint density at radius 2 is 2.17 bits per heavy atom. The number of hydrogen-bond acceptors (Lipinski definition) is 2. The Morgan fingerprint density at radius 1 is 1.28 bits per heavy atom. The van der Waals surface area contributed by atoms with Crippen molar-refractivity contribution in [2.45, 2.75) is 19.4 Å². The quantitative estimate of drug-likeness (QED) is 0.702. The van der Waals surface area contributed by atoms with Crippen molar-refractivity contribution in [3.63, 3.8) is 0 Å². The summed E-state index contributed by atoms with van der Waals surface area (Å²) in [5.41, 5.74) is 2.51. The van der Waals surface area contributed by atoms with Crippen LogP contribution in [0, 0.1) is 0 Å². The van der Waals surface area contributed by atoms with Crippen molar-refractivity contribution in [1.82, 2.24) is 0 Å². The van der Waals surface area contributed by atoms with E-state index in [1.165, 1.54) is 16.1 Å². The van der Waals surface area contributed by atoms with Gasteiger partial charge in [0, 0.05) is 32.8 Å². The summed E-state index contributed by atoms with van der Waals surface area (Å²) >= 11 is 10.9. The van der Waals surface area contributed by atoms with Crippen LogP contribution >= 0.6 is 38.9 Å². The van der Waals surface area contributed by atoms with E-state index in [2.05, 4.69) is 57.0 Å². The number of benzene rings is 1. The fourth-order valence-electron chi connectivity index (χ4n) is 1.74. The van der Waals surface area contributed by atoms with Crippen LogP contribution in [-0.4, -0.2) is 5.88 Å². The van der Waals surface area contributed by atoms with Crippen LogP contribution in [-0.2, 0) is 13.0 Å². The van der Waals surface area contributed by atoms with Gasteiger partial charge < -0.3 is 5.32 Å². The summed E-state index contributed by atoms with van der Waals surface area (Å²) in [6, 6.07) is 10.7. The number of anilines is 1. The van der Waals surface area contributed by atoms with Crippen molar-refractivity contribution in [3.8, 4) is 0 Å². The first kappa shape index (κ1) is 13.9. The van der Waals surface area contributed by atoms with E-state index in [-0.39, 0.29) is 0 Å². The molecule has 0 fully saturated rings. The van der Waals surface area contributed by atoms with Gasteiger partial charge in [0.15, 0.2) is 0 Å². The molecule has 0 unspecified atom stereocenters. The molecule has 4 heteroatoms. The lowest BCUT2D eigenvalue weighted by Crippen LogP contribution is -1.98. The van der Waals surface area contributed by atoms with Crippen LogP contribution in [0.25, 0.3) is 0 Å². The molecule has 1 heterocycles. The molecule has 1 N–H and O–H groups in total. The maximum atomic E-state index is 5.72. The fourth-order valence-corrected chi connectivity index (χ4v) is 3.27. The van der Waals surface area contributed by atoms with Gasteiger partial charge in [0.1, 0.15) is 0 Å². The Morgan fingerprint density at radius 3 is 2.89 bits per heavy atom. The molecule has 0 atom stereocenters. The molecular weight excluding hydrogens is 330 g/mol. The van der Waals surface area contributed by atoms with Crippen molar-refractivity contribution in [2.75, 3.05) is 11.2 Å². The largest absolute Gasteiger partial charge is 0.380 e. The lowest BCUT2D eigenvalue weighted by molar-refractivity contribution is 0.928. The summed E-state index contributed by atoms with van der Waals surface area (Å²) in [7, 11) is 0. The SMILES string of the molecule is ClCCCc1cccc(NCc2cc(Br)cs2)c1. The monoisotopic (exact) mass is 343 g/mol. The predicted molar refractivity (Wildman–Crippen MR) is 84.8 cm³/mol. The van der Waals surface area contributed by atoms with Crippen LogP contribution < -0.4 is 5.32 Å². The average molecular weight is 345 g/mol. The molecule has 0 radical (unpaired) electrons.